The maximum atomic E-state index is 11.6. The molecule has 1 aromatic rings. The van der Waals surface area contributed by atoms with Gasteiger partial charge in [0.05, 0.1) is 0 Å². The van der Waals surface area contributed by atoms with Crippen molar-refractivity contribution in [2.24, 2.45) is 0 Å². The second-order valence-corrected chi connectivity index (χ2v) is 3.29. The van der Waals surface area contributed by atoms with Gasteiger partial charge in [-0.15, -0.1) is 0 Å². The van der Waals surface area contributed by atoms with Crippen LogP contribution in [0.15, 0.2) is 54.0 Å². The van der Waals surface area contributed by atoms with Crippen LogP contribution in [0.4, 0.5) is 5.82 Å². The summed E-state index contributed by atoms with van der Waals surface area (Å²) in [5.41, 5.74) is 1.54. The molecule has 1 aromatic heterocycles. The third-order valence-corrected chi connectivity index (χ3v) is 2.05. The van der Waals surface area contributed by atoms with Gasteiger partial charge in [0.25, 0.3) is 0 Å². The number of hydrogen-bond acceptors (Lipinski definition) is 3. The molecule has 0 fully saturated rings. The summed E-state index contributed by atoms with van der Waals surface area (Å²) in [6.45, 7) is 1.89. The molecule has 0 aromatic carbocycles. The van der Waals surface area contributed by atoms with Crippen LogP contribution in [0.1, 0.15) is 5.69 Å². The van der Waals surface area contributed by atoms with Crippen LogP contribution in [0.25, 0.3) is 0 Å². The summed E-state index contributed by atoms with van der Waals surface area (Å²) in [5.74, 6) is 0.458. The second kappa shape index (κ2) is 4.00. The van der Waals surface area contributed by atoms with Crippen molar-refractivity contribution < 1.29 is 5.11 Å². The molecule has 0 amide bonds. The Morgan fingerprint density at radius 3 is 2.67 bits per heavy atom. The van der Waals surface area contributed by atoms with Crippen molar-refractivity contribution in [3.8, 4) is 0 Å². The number of nitrogens with zero attached hydrogens (tertiary/aromatic N) is 1. The number of nitrogens with one attached hydrogen (secondary N) is 1. The topological polar surface area (TPSA) is 48.0 Å². The quantitative estimate of drug-likeness (QED) is 0.734. The first-order chi connectivity index (χ1) is 7.25. The molecule has 0 unspecified atom stereocenters. The molecule has 1 aliphatic rings. The zero-order valence-corrected chi connectivity index (χ0v) is 8.40. The monoisotopic (exact) mass is 199 g/mol. The lowest BCUT2D eigenvalue weighted by Crippen LogP contribution is -2.16. The Morgan fingerprint density at radius 2 is 2.00 bits per heavy atom. The van der Waals surface area contributed by atoms with E-state index in [9.17, 15) is 5.11 Å². The number of hydrogen-bond donors (Lipinski definition) is 1. The first-order valence-electron chi connectivity index (χ1n) is 4.72. The summed E-state index contributed by atoms with van der Waals surface area (Å²) in [7, 11) is 0. The third kappa shape index (κ3) is 2.26. The van der Waals surface area contributed by atoms with E-state index in [2.05, 4.69) is 10.3 Å². The average molecular weight is 199 g/mol. The molecule has 0 radical (unpaired) electrons. The van der Waals surface area contributed by atoms with Gasteiger partial charge in [-0.3, -0.25) is 0 Å². The summed E-state index contributed by atoms with van der Waals surface area (Å²) in [4.78, 5) is 4.19. The molecule has 0 aliphatic heterocycles. The molecule has 0 saturated carbocycles. The Bertz CT molecular complexity index is 444. The van der Waals surface area contributed by atoms with Crippen LogP contribution in [0.2, 0.25) is 0 Å². The van der Waals surface area contributed by atoms with Gasteiger partial charge in [-0.1, -0.05) is 30.4 Å². The number of pyridine rings is 1. The van der Waals surface area contributed by atoms with Gasteiger partial charge in [0.1, 0.15) is 5.82 Å². The van der Waals surface area contributed by atoms with Crippen molar-refractivity contribution in [3.05, 3.63) is 59.7 Å². The minimum atomic E-state index is -0.127. The first-order valence-corrected chi connectivity index (χ1v) is 4.72. The van der Waals surface area contributed by atoms with Crippen LogP contribution in [0.3, 0.4) is 0 Å². The maximum Gasteiger partial charge on any atom is 0.129 e. The fraction of sp³-hybridized carbons (Fsp3) is 0.0833. The predicted molar refractivity (Wildman–Crippen MR) is 57.9 cm³/mol. The fourth-order valence-electron chi connectivity index (χ4n) is 1.33. The minimum Gasteiger partial charge on any atom is -0.860 e. The molecule has 15 heavy (non-hydrogen) atoms. The van der Waals surface area contributed by atoms with E-state index in [1.54, 1.807) is 18.2 Å². The van der Waals surface area contributed by atoms with Crippen molar-refractivity contribution in [1.82, 2.24) is 4.98 Å². The van der Waals surface area contributed by atoms with Crippen LogP contribution in [0.5, 0.6) is 0 Å². The number of aryl methyl sites for hydroxylation is 1. The summed E-state index contributed by atoms with van der Waals surface area (Å²) >= 11 is 0. The minimum absolute atomic E-state index is 0.127. The van der Waals surface area contributed by atoms with Gasteiger partial charge < -0.3 is 10.4 Å². The van der Waals surface area contributed by atoms with Gasteiger partial charge in [0.2, 0.25) is 0 Å². The first kappa shape index (κ1) is 9.52. The number of anilines is 1. The summed E-state index contributed by atoms with van der Waals surface area (Å²) in [6, 6.07) is 5.52. The molecule has 1 heterocycles. The number of allylic oxidation sites excluding steroid dienone is 5. The van der Waals surface area contributed by atoms with E-state index in [0.717, 1.165) is 5.69 Å². The Morgan fingerprint density at radius 1 is 1.27 bits per heavy atom. The van der Waals surface area contributed by atoms with Crippen molar-refractivity contribution in [1.29, 1.82) is 0 Å². The number of rotatable bonds is 2. The van der Waals surface area contributed by atoms with Crippen LogP contribution >= 0.6 is 0 Å². The SMILES string of the molecule is Cc1cccc(NC([O-])=C2C=CC=C2)n1. The van der Waals surface area contributed by atoms with Crippen LogP contribution in [-0.2, 0) is 0 Å². The normalized spacial score (nSPS) is 13.3. The van der Waals surface area contributed by atoms with Gasteiger partial charge in [0.15, 0.2) is 0 Å². The lowest BCUT2D eigenvalue weighted by Gasteiger charge is -2.16. The predicted octanol–water partition coefficient (Wildman–Crippen LogP) is 1.50. The largest absolute Gasteiger partial charge is 0.860 e. The summed E-state index contributed by atoms with van der Waals surface area (Å²) in [5, 5.41) is 14.4. The molecule has 0 saturated heterocycles. The van der Waals surface area contributed by atoms with Crippen LogP contribution in [0, 0.1) is 6.92 Å². The molecule has 1 N–H and O–H groups in total. The zero-order valence-electron chi connectivity index (χ0n) is 8.40. The fourth-order valence-corrected chi connectivity index (χ4v) is 1.33. The summed E-state index contributed by atoms with van der Waals surface area (Å²) < 4.78 is 0. The van der Waals surface area contributed by atoms with E-state index in [1.165, 1.54) is 0 Å². The van der Waals surface area contributed by atoms with E-state index in [0.29, 0.717) is 11.4 Å². The molecule has 0 atom stereocenters. The highest BCUT2D eigenvalue weighted by molar-refractivity contribution is 5.48. The molecule has 0 bridgehead atoms. The molecule has 0 spiro atoms. The van der Waals surface area contributed by atoms with Crippen molar-refractivity contribution in [2.75, 3.05) is 5.32 Å². The van der Waals surface area contributed by atoms with Gasteiger partial charge in [-0.2, -0.15) is 0 Å². The smallest absolute Gasteiger partial charge is 0.129 e. The molecular formula is C12H11N2O-. The Hall–Kier alpha value is -2.03. The van der Waals surface area contributed by atoms with Crippen LogP contribution in [-0.4, -0.2) is 4.98 Å². The molecule has 76 valence electrons. The number of aromatic nitrogens is 1. The van der Waals surface area contributed by atoms with Crippen molar-refractivity contribution in [2.45, 2.75) is 6.92 Å². The van der Waals surface area contributed by atoms with Gasteiger partial charge in [-0.05, 0) is 30.5 Å². The lowest BCUT2D eigenvalue weighted by molar-refractivity contribution is -0.300. The summed E-state index contributed by atoms with van der Waals surface area (Å²) in [6.07, 6.45) is 7.20. The standard InChI is InChI=1S/C12H12N2O/c1-9-5-4-8-11(13-9)14-12(15)10-6-2-3-7-10/h2-8,15H,1H3,(H,13,14)/p-1. The van der Waals surface area contributed by atoms with E-state index in [-0.39, 0.29) is 5.88 Å². The second-order valence-electron chi connectivity index (χ2n) is 3.29. The third-order valence-electron chi connectivity index (χ3n) is 2.05. The highest BCUT2D eigenvalue weighted by Crippen LogP contribution is 2.12. The molecule has 2 rings (SSSR count). The van der Waals surface area contributed by atoms with Crippen molar-refractivity contribution >= 4 is 5.82 Å². The molecule has 1 aliphatic carbocycles. The molecular weight excluding hydrogens is 188 g/mol. The van der Waals surface area contributed by atoms with Crippen molar-refractivity contribution in [3.63, 3.8) is 0 Å². The van der Waals surface area contributed by atoms with E-state index in [4.69, 9.17) is 0 Å². The highest BCUT2D eigenvalue weighted by Gasteiger charge is 1.96. The Labute approximate surface area is 88.5 Å². The molecule has 3 heteroatoms. The maximum absolute atomic E-state index is 11.6. The van der Waals surface area contributed by atoms with Gasteiger partial charge in [0, 0.05) is 5.69 Å². The van der Waals surface area contributed by atoms with Gasteiger partial charge in [-0.25, -0.2) is 4.98 Å². The highest BCUT2D eigenvalue weighted by atomic mass is 16.3. The van der Waals surface area contributed by atoms with Crippen LogP contribution < -0.4 is 10.4 Å². The van der Waals surface area contributed by atoms with E-state index >= 15 is 0 Å². The van der Waals surface area contributed by atoms with E-state index < -0.39 is 0 Å². The average Bonchev–Trinajstić information content (AvgIpc) is 2.70. The van der Waals surface area contributed by atoms with E-state index in [1.807, 2.05) is 31.2 Å². The Kier molecular flexibility index (Phi) is 2.54. The lowest BCUT2D eigenvalue weighted by atomic mass is 10.3. The Balaban J connectivity index is 2.19. The zero-order chi connectivity index (χ0) is 10.7. The van der Waals surface area contributed by atoms with Gasteiger partial charge >= 0.3 is 0 Å². The molecule has 3 nitrogen and oxygen atoms in total.